The van der Waals surface area contributed by atoms with E-state index in [9.17, 15) is 9.59 Å². The molecule has 0 saturated carbocycles. The number of hydrogen-bond acceptors (Lipinski definition) is 4. The Morgan fingerprint density at radius 2 is 2.00 bits per heavy atom. The Bertz CT molecular complexity index is 472. The highest BCUT2D eigenvalue weighted by Crippen LogP contribution is 2.10. The Labute approximate surface area is 112 Å². The molecule has 0 aliphatic rings. The van der Waals surface area contributed by atoms with Crippen molar-refractivity contribution < 1.29 is 14.7 Å². The summed E-state index contributed by atoms with van der Waals surface area (Å²) in [4.78, 5) is 28.9. The van der Waals surface area contributed by atoms with Gasteiger partial charge in [0.1, 0.15) is 11.9 Å². The Morgan fingerprint density at radius 1 is 1.37 bits per heavy atom. The summed E-state index contributed by atoms with van der Waals surface area (Å²) < 4.78 is 0. The number of aromatic nitrogens is 1. The van der Waals surface area contributed by atoms with Crippen molar-refractivity contribution in [2.24, 2.45) is 5.92 Å². The van der Waals surface area contributed by atoms with E-state index >= 15 is 0 Å². The zero-order valence-electron chi connectivity index (χ0n) is 11.5. The average molecular weight is 265 g/mol. The lowest BCUT2D eigenvalue weighted by atomic mass is 10.0. The van der Waals surface area contributed by atoms with Gasteiger partial charge >= 0.3 is 5.97 Å². The Kier molecular flexibility index (Phi) is 4.86. The number of carbonyl (C=O) groups excluding carboxylic acids is 1. The summed E-state index contributed by atoms with van der Waals surface area (Å²) in [6.45, 7) is 3.49. The van der Waals surface area contributed by atoms with Gasteiger partial charge in [-0.15, -0.1) is 0 Å². The van der Waals surface area contributed by atoms with Gasteiger partial charge in [0.15, 0.2) is 0 Å². The van der Waals surface area contributed by atoms with E-state index in [2.05, 4.69) is 10.3 Å². The lowest BCUT2D eigenvalue weighted by molar-refractivity contribution is -0.140. The van der Waals surface area contributed by atoms with Crippen molar-refractivity contribution in [1.29, 1.82) is 0 Å². The van der Waals surface area contributed by atoms with Crippen LogP contribution in [0.3, 0.4) is 0 Å². The van der Waals surface area contributed by atoms with Crippen LogP contribution in [0.15, 0.2) is 18.3 Å². The lowest BCUT2D eigenvalue weighted by Gasteiger charge is -2.18. The summed E-state index contributed by atoms with van der Waals surface area (Å²) in [7, 11) is 3.64. The van der Waals surface area contributed by atoms with Gasteiger partial charge < -0.3 is 15.3 Å². The SMILES string of the molecule is CC(C)[C@@H](NC(=O)c1ccnc(N(C)C)c1)C(=O)O. The summed E-state index contributed by atoms with van der Waals surface area (Å²) in [5, 5.41) is 11.6. The molecule has 0 aromatic carbocycles. The number of rotatable bonds is 5. The zero-order valence-corrected chi connectivity index (χ0v) is 11.5. The normalized spacial score (nSPS) is 12.1. The van der Waals surface area contributed by atoms with Gasteiger partial charge in [-0.1, -0.05) is 13.8 Å². The topological polar surface area (TPSA) is 82.5 Å². The quantitative estimate of drug-likeness (QED) is 0.829. The van der Waals surface area contributed by atoms with E-state index < -0.39 is 17.9 Å². The van der Waals surface area contributed by atoms with E-state index in [4.69, 9.17) is 5.11 Å². The Hall–Kier alpha value is -2.11. The predicted octanol–water partition coefficient (Wildman–Crippen LogP) is 0.987. The van der Waals surface area contributed by atoms with Crippen molar-refractivity contribution in [3.8, 4) is 0 Å². The number of pyridine rings is 1. The van der Waals surface area contributed by atoms with Crippen LogP contribution >= 0.6 is 0 Å². The molecule has 1 heterocycles. The first kappa shape index (κ1) is 14.9. The number of nitrogens with one attached hydrogen (secondary N) is 1. The van der Waals surface area contributed by atoms with Crippen LogP contribution in [-0.2, 0) is 4.79 Å². The first-order valence-corrected chi connectivity index (χ1v) is 6.00. The molecule has 0 aliphatic heterocycles. The fourth-order valence-electron chi connectivity index (χ4n) is 1.54. The van der Waals surface area contributed by atoms with E-state index in [0.717, 1.165) is 0 Å². The highest BCUT2D eigenvalue weighted by Gasteiger charge is 2.24. The van der Waals surface area contributed by atoms with Crippen LogP contribution in [-0.4, -0.2) is 42.1 Å². The third kappa shape index (κ3) is 3.94. The number of amides is 1. The van der Waals surface area contributed by atoms with E-state index in [-0.39, 0.29) is 5.92 Å². The number of hydrogen-bond donors (Lipinski definition) is 2. The monoisotopic (exact) mass is 265 g/mol. The number of carboxylic acid groups (broad SMARTS) is 1. The summed E-state index contributed by atoms with van der Waals surface area (Å²) in [5.74, 6) is -0.988. The van der Waals surface area contributed by atoms with Gasteiger partial charge in [-0.2, -0.15) is 0 Å². The largest absolute Gasteiger partial charge is 0.480 e. The van der Waals surface area contributed by atoms with Crippen molar-refractivity contribution in [2.45, 2.75) is 19.9 Å². The van der Waals surface area contributed by atoms with Crippen LogP contribution < -0.4 is 10.2 Å². The molecule has 0 spiro atoms. The highest BCUT2D eigenvalue weighted by atomic mass is 16.4. The molecule has 0 aliphatic carbocycles. The second-order valence-corrected chi connectivity index (χ2v) is 4.83. The molecule has 0 saturated heterocycles. The van der Waals surface area contributed by atoms with Crippen molar-refractivity contribution in [3.63, 3.8) is 0 Å². The van der Waals surface area contributed by atoms with Crippen LogP contribution in [0.25, 0.3) is 0 Å². The highest BCUT2D eigenvalue weighted by molar-refractivity contribution is 5.97. The number of aliphatic carboxylic acids is 1. The van der Waals surface area contributed by atoms with E-state index in [0.29, 0.717) is 11.4 Å². The van der Waals surface area contributed by atoms with Crippen LogP contribution in [0.5, 0.6) is 0 Å². The van der Waals surface area contributed by atoms with E-state index in [1.807, 2.05) is 14.1 Å². The maximum Gasteiger partial charge on any atom is 0.326 e. The summed E-state index contributed by atoms with van der Waals surface area (Å²) in [6, 6.07) is 2.28. The molecule has 0 fully saturated rings. The second kappa shape index (κ2) is 6.17. The maximum absolute atomic E-state index is 12.0. The van der Waals surface area contributed by atoms with Crippen molar-refractivity contribution >= 4 is 17.7 Å². The minimum atomic E-state index is -1.04. The molecule has 1 aromatic heterocycles. The minimum absolute atomic E-state index is 0.184. The molecule has 104 valence electrons. The summed E-state index contributed by atoms with van der Waals surface area (Å²) in [6.07, 6.45) is 1.52. The van der Waals surface area contributed by atoms with Crippen molar-refractivity contribution in [2.75, 3.05) is 19.0 Å². The van der Waals surface area contributed by atoms with Crippen LogP contribution in [0.4, 0.5) is 5.82 Å². The van der Waals surface area contributed by atoms with Crippen LogP contribution in [0.2, 0.25) is 0 Å². The third-order valence-corrected chi connectivity index (χ3v) is 2.69. The van der Waals surface area contributed by atoms with Crippen molar-refractivity contribution in [3.05, 3.63) is 23.9 Å². The fourth-order valence-corrected chi connectivity index (χ4v) is 1.54. The molecule has 1 amide bonds. The molecule has 0 bridgehead atoms. The Balaban J connectivity index is 2.88. The van der Waals surface area contributed by atoms with Gasteiger partial charge in [0, 0.05) is 25.9 Å². The molecule has 0 unspecified atom stereocenters. The standard InChI is InChI=1S/C13H19N3O3/c1-8(2)11(13(18)19)15-12(17)9-5-6-14-10(7-9)16(3)4/h5-8,11H,1-4H3,(H,15,17)(H,18,19)/t11-/m1/s1. The zero-order chi connectivity index (χ0) is 14.6. The summed E-state index contributed by atoms with van der Waals surface area (Å²) in [5.41, 5.74) is 0.394. The number of nitrogens with zero attached hydrogens (tertiary/aromatic N) is 2. The van der Waals surface area contributed by atoms with Crippen molar-refractivity contribution in [1.82, 2.24) is 10.3 Å². The first-order valence-electron chi connectivity index (χ1n) is 6.00. The molecular weight excluding hydrogens is 246 g/mol. The molecule has 6 nitrogen and oxygen atoms in total. The van der Waals surface area contributed by atoms with Gasteiger partial charge in [-0.25, -0.2) is 9.78 Å². The molecule has 1 rings (SSSR count). The molecular formula is C13H19N3O3. The third-order valence-electron chi connectivity index (χ3n) is 2.69. The fraction of sp³-hybridized carbons (Fsp3) is 0.462. The molecule has 2 N–H and O–H groups in total. The van der Waals surface area contributed by atoms with E-state index in [1.54, 1.807) is 30.9 Å². The molecule has 19 heavy (non-hydrogen) atoms. The van der Waals surface area contributed by atoms with Crippen LogP contribution in [0, 0.1) is 5.92 Å². The second-order valence-electron chi connectivity index (χ2n) is 4.83. The van der Waals surface area contributed by atoms with Gasteiger partial charge in [0.25, 0.3) is 5.91 Å². The number of carboxylic acids is 1. The molecule has 0 radical (unpaired) electrons. The van der Waals surface area contributed by atoms with Crippen LogP contribution in [0.1, 0.15) is 24.2 Å². The smallest absolute Gasteiger partial charge is 0.326 e. The number of anilines is 1. The maximum atomic E-state index is 12.0. The Morgan fingerprint density at radius 3 is 2.47 bits per heavy atom. The van der Waals surface area contributed by atoms with Gasteiger partial charge in [0.2, 0.25) is 0 Å². The summed E-state index contributed by atoms with van der Waals surface area (Å²) >= 11 is 0. The molecule has 6 heteroatoms. The minimum Gasteiger partial charge on any atom is -0.480 e. The first-order chi connectivity index (χ1) is 8.82. The number of carbonyl (C=O) groups is 2. The predicted molar refractivity (Wildman–Crippen MR) is 72.3 cm³/mol. The van der Waals surface area contributed by atoms with E-state index in [1.165, 1.54) is 6.20 Å². The molecule has 1 aromatic rings. The van der Waals surface area contributed by atoms with Gasteiger partial charge in [0.05, 0.1) is 0 Å². The lowest BCUT2D eigenvalue weighted by Crippen LogP contribution is -2.44. The van der Waals surface area contributed by atoms with Gasteiger partial charge in [-0.05, 0) is 18.1 Å². The molecule has 1 atom stereocenters. The average Bonchev–Trinajstić information content (AvgIpc) is 2.34. The van der Waals surface area contributed by atoms with Gasteiger partial charge in [-0.3, -0.25) is 4.79 Å².